The molecule has 0 saturated carbocycles. The number of benzene rings is 7. The molecule has 30 heteroatoms. The zero-order valence-corrected chi connectivity index (χ0v) is 68.0. The van der Waals surface area contributed by atoms with Crippen LogP contribution < -0.4 is 54.4 Å². The van der Waals surface area contributed by atoms with Crippen molar-refractivity contribution in [2.24, 2.45) is 7.05 Å². The van der Waals surface area contributed by atoms with Crippen LogP contribution in [0.1, 0.15) is 27.7 Å². The highest BCUT2D eigenvalue weighted by Gasteiger charge is 2.19. The molecule has 0 bridgehead atoms. The van der Waals surface area contributed by atoms with Crippen LogP contribution in [0.15, 0.2) is 335 Å². The number of anilines is 10. The zero-order chi connectivity index (χ0) is 87.3. The molecule has 0 fully saturated rings. The van der Waals surface area contributed by atoms with Crippen molar-refractivity contribution in [1.29, 1.82) is 0 Å². The topological polar surface area (TPSA) is 312 Å². The lowest BCUT2D eigenvalue weighted by molar-refractivity contribution is 0.448. The molecule has 0 amide bonds. The number of nitrogens with zero attached hydrogens (tertiary/aromatic N) is 16. The van der Waals surface area contributed by atoms with Crippen molar-refractivity contribution >= 4 is 89.6 Å². The number of pyridine rings is 6. The second-order valence-electron chi connectivity index (χ2n) is 27.6. The summed E-state index contributed by atoms with van der Waals surface area (Å²) in [6, 6.07) is 74.9. The molecule has 0 spiro atoms. The number of hydrogen-bond acceptors (Lipinski definition) is 21. The molecule has 0 unspecified atom stereocenters. The Bertz CT molecular complexity index is 6940. The van der Waals surface area contributed by atoms with E-state index in [1.165, 1.54) is 41.6 Å². The fraction of sp³-hybridized carbons (Fsp3) is 0.0947. The largest absolute Gasteiger partial charge is 0.351 e. The van der Waals surface area contributed by atoms with Crippen molar-refractivity contribution in [3.05, 3.63) is 386 Å². The fourth-order valence-electron chi connectivity index (χ4n) is 13.1. The molecule has 622 valence electrons. The Hall–Kier alpha value is -16.7. The maximum atomic E-state index is 13.4. The molecule has 0 radical (unpaired) electrons. The standard InChI is InChI=1S/2C20H17N5O.C19H15N5O.C18H14F3N3O.C18H16FN3O/c1-2-25-20(26)19(12-18(24-25)14-6-4-10-21-13-14)23-17-9-3-8-16-15(17)7-5-11-22-16;1-2-25-20(26)19(13-18(24-25)14-8-11-21-12-9-14)23-17-7-3-6-16-15(17)5-4-10-22-16;1-24-19(25)18(11-17(23-24)13-5-3-9-20-12-13)22-16-8-2-7-15-14(16)6-4-10-21-15;1-2-24-18(25)16(10-15(23-24)11-6-4-3-5-7-11)22-12-8-13(19)17(21)14(20)9-12;1-2-22-18(23)17(20-15-10-8-14(19)9-11-15)12-16(21-22)13-6-4-3-5-7-13/h2*3-13,23H,2H2,1H3;2-12,22H,1H3;3-10,22H,2H2,1H3;3-12,20H,2H2,1H3. The number of nitrogens with one attached hydrogen (secondary N) is 5. The molecule has 11 heterocycles. The summed E-state index contributed by atoms with van der Waals surface area (Å²) in [6.07, 6.45) is 15.5. The van der Waals surface area contributed by atoms with Crippen LogP contribution in [-0.2, 0) is 33.2 Å². The van der Waals surface area contributed by atoms with Crippen LogP contribution in [0.3, 0.4) is 0 Å². The molecule has 0 atom stereocenters. The second-order valence-corrected chi connectivity index (χ2v) is 27.6. The second kappa shape index (κ2) is 39.9. The first kappa shape index (κ1) is 84.8. The Morgan fingerprint density at radius 3 is 0.976 bits per heavy atom. The molecule has 7 aromatic carbocycles. The van der Waals surface area contributed by atoms with Gasteiger partial charge in [0.25, 0.3) is 27.8 Å². The SMILES string of the molecule is CCn1nc(-c2ccccc2)cc(Nc2cc(F)c(F)c(F)c2)c1=O.CCn1nc(-c2ccccc2)cc(Nc2ccc(F)cc2)c1=O.CCn1nc(-c2cccnc2)cc(Nc2cccc3ncccc23)c1=O.CCn1nc(-c2ccncc2)cc(Nc2cccc3ncccc23)c1=O.Cn1nc(-c2cccnc2)cc(Nc2cccc3ncccc23)c1=O. The third-order valence-electron chi connectivity index (χ3n) is 19.3. The smallest absolute Gasteiger partial charge is 0.290 e. The predicted octanol–water partition coefficient (Wildman–Crippen LogP) is 18.3. The van der Waals surface area contributed by atoms with Gasteiger partial charge in [0, 0.05) is 174 Å². The Balaban J connectivity index is 0.000000127. The Labute approximate surface area is 711 Å². The minimum atomic E-state index is -1.56. The quantitative estimate of drug-likeness (QED) is 0.0371. The van der Waals surface area contributed by atoms with Gasteiger partial charge >= 0.3 is 0 Å². The first-order valence-electron chi connectivity index (χ1n) is 39.6. The summed E-state index contributed by atoms with van der Waals surface area (Å²) in [4.78, 5) is 88.1. The summed E-state index contributed by atoms with van der Waals surface area (Å²) >= 11 is 0. The van der Waals surface area contributed by atoms with Crippen LogP contribution in [0.25, 0.3) is 89.0 Å². The average Bonchev–Trinajstić information content (AvgIpc) is 0.811. The van der Waals surface area contributed by atoms with Crippen molar-refractivity contribution in [3.8, 4) is 56.3 Å². The van der Waals surface area contributed by atoms with E-state index in [0.29, 0.717) is 77.4 Å². The lowest BCUT2D eigenvalue weighted by Crippen LogP contribution is -2.24. The van der Waals surface area contributed by atoms with Gasteiger partial charge in [-0.3, -0.25) is 53.9 Å². The van der Waals surface area contributed by atoms with Crippen LogP contribution in [0.2, 0.25) is 0 Å². The highest BCUT2D eigenvalue weighted by atomic mass is 19.2. The van der Waals surface area contributed by atoms with Crippen LogP contribution in [0.4, 0.5) is 74.4 Å². The van der Waals surface area contributed by atoms with Crippen LogP contribution in [0.5, 0.6) is 0 Å². The number of aryl methyl sites for hydroxylation is 5. The number of halogens is 4. The summed E-state index contributed by atoms with van der Waals surface area (Å²) in [6.45, 7) is 9.18. The van der Waals surface area contributed by atoms with Gasteiger partial charge in [-0.05, 0) is 191 Å². The van der Waals surface area contributed by atoms with Gasteiger partial charge in [0.05, 0.1) is 45.0 Å². The van der Waals surface area contributed by atoms with Crippen molar-refractivity contribution in [1.82, 2.24) is 78.8 Å². The summed E-state index contributed by atoms with van der Waals surface area (Å²) in [5.74, 6) is -4.55. The van der Waals surface area contributed by atoms with Crippen molar-refractivity contribution in [3.63, 3.8) is 0 Å². The number of hydrogen-bond donors (Lipinski definition) is 5. The van der Waals surface area contributed by atoms with E-state index in [9.17, 15) is 41.5 Å². The zero-order valence-electron chi connectivity index (χ0n) is 68.0. The van der Waals surface area contributed by atoms with Crippen LogP contribution in [0, 0.1) is 23.3 Å². The molecule has 0 aliphatic carbocycles. The minimum absolute atomic E-state index is 0.0682. The molecule has 125 heavy (non-hydrogen) atoms. The average molecular weight is 1670 g/mol. The summed E-state index contributed by atoms with van der Waals surface area (Å²) in [5, 5.41) is 40.2. The van der Waals surface area contributed by atoms with Crippen molar-refractivity contribution < 1.29 is 17.6 Å². The molecule has 18 aromatic rings. The first-order chi connectivity index (χ1) is 60.9. The van der Waals surface area contributed by atoms with Gasteiger partial charge in [0.1, 0.15) is 34.3 Å². The van der Waals surface area contributed by atoms with E-state index in [0.717, 1.165) is 95.4 Å². The van der Waals surface area contributed by atoms with E-state index in [2.05, 4.69) is 82.0 Å². The molecule has 11 aromatic heterocycles. The van der Waals surface area contributed by atoms with Gasteiger partial charge in [-0.15, -0.1) is 0 Å². The molecule has 0 aliphatic rings. The first-order valence-corrected chi connectivity index (χ1v) is 39.6. The van der Waals surface area contributed by atoms with Gasteiger partial charge in [-0.2, -0.15) is 25.5 Å². The normalized spacial score (nSPS) is 10.7. The van der Waals surface area contributed by atoms with Crippen molar-refractivity contribution in [2.75, 3.05) is 26.6 Å². The Kier molecular flexibility index (Phi) is 27.1. The maximum absolute atomic E-state index is 13.4. The molecular formula is C95H79F4N21O5. The molecule has 5 N–H and O–H groups in total. The highest BCUT2D eigenvalue weighted by molar-refractivity contribution is 5.95. The lowest BCUT2D eigenvalue weighted by Gasteiger charge is -2.12. The van der Waals surface area contributed by atoms with E-state index < -0.39 is 23.0 Å². The van der Waals surface area contributed by atoms with Gasteiger partial charge < -0.3 is 26.6 Å². The van der Waals surface area contributed by atoms with E-state index >= 15 is 0 Å². The monoisotopic (exact) mass is 1670 g/mol. The van der Waals surface area contributed by atoms with E-state index in [-0.39, 0.29) is 39.4 Å². The highest BCUT2D eigenvalue weighted by Crippen LogP contribution is 2.31. The predicted molar refractivity (Wildman–Crippen MR) is 481 cm³/mol. The van der Waals surface area contributed by atoms with E-state index in [4.69, 9.17) is 0 Å². The van der Waals surface area contributed by atoms with Gasteiger partial charge in [0.2, 0.25) is 0 Å². The minimum Gasteiger partial charge on any atom is -0.351 e. The van der Waals surface area contributed by atoms with Crippen molar-refractivity contribution in [2.45, 2.75) is 53.9 Å². The van der Waals surface area contributed by atoms with E-state index in [1.54, 1.807) is 106 Å². The third kappa shape index (κ3) is 20.6. The van der Waals surface area contributed by atoms with Gasteiger partial charge in [0.15, 0.2) is 17.5 Å². The molecule has 26 nitrogen and oxygen atoms in total. The molecule has 18 rings (SSSR count). The maximum Gasteiger partial charge on any atom is 0.290 e. The van der Waals surface area contributed by atoms with Crippen LogP contribution >= 0.6 is 0 Å². The Morgan fingerprint density at radius 1 is 0.280 bits per heavy atom. The van der Waals surface area contributed by atoms with Gasteiger partial charge in [-0.1, -0.05) is 78.9 Å². The molecular weight excluding hydrogens is 1590 g/mol. The lowest BCUT2D eigenvalue weighted by atomic mass is 10.1. The third-order valence-corrected chi connectivity index (χ3v) is 19.3. The summed E-state index contributed by atoms with van der Waals surface area (Å²) in [5.41, 5.74) is 14.0. The number of aromatic nitrogens is 16. The molecule has 0 aliphatic heterocycles. The summed E-state index contributed by atoms with van der Waals surface area (Å²) in [7, 11) is 1.64. The van der Waals surface area contributed by atoms with Gasteiger partial charge in [-0.25, -0.2) is 41.0 Å². The summed E-state index contributed by atoms with van der Waals surface area (Å²) < 4.78 is 59.7. The number of fused-ring (bicyclic) bond motifs is 3. The fourth-order valence-corrected chi connectivity index (χ4v) is 13.1. The van der Waals surface area contributed by atoms with E-state index in [1.807, 2.05) is 209 Å². The van der Waals surface area contributed by atoms with Crippen LogP contribution in [-0.4, -0.2) is 78.8 Å². The Morgan fingerprint density at radius 2 is 0.608 bits per heavy atom. The molecule has 0 saturated heterocycles. The number of rotatable bonds is 19.